The van der Waals surface area contributed by atoms with E-state index in [9.17, 15) is 26.4 Å². The molecule has 0 spiro atoms. The first-order chi connectivity index (χ1) is 13.0. The van der Waals surface area contributed by atoms with Gasteiger partial charge in [0.15, 0.2) is 16.4 Å². The Kier molecular flexibility index (Phi) is 7.31. The van der Waals surface area contributed by atoms with Crippen molar-refractivity contribution in [2.75, 3.05) is 12.4 Å². The highest BCUT2D eigenvalue weighted by molar-refractivity contribution is 7.91. The van der Waals surface area contributed by atoms with Gasteiger partial charge in [0.25, 0.3) is 0 Å². The van der Waals surface area contributed by atoms with Crippen LogP contribution in [0.2, 0.25) is 5.02 Å². The number of carbonyl (C=O) groups excluding carboxylic acids is 1. The van der Waals surface area contributed by atoms with E-state index in [0.717, 1.165) is 0 Å². The molecule has 0 radical (unpaired) electrons. The highest BCUT2D eigenvalue weighted by Gasteiger charge is 2.28. The molecular formula is C18H17ClF3NO4S. The van der Waals surface area contributed by atoms with Crippen molar-refractivity contribution in [2.24, 2.45) is 0 Å². The molecule has 2 aromatic rings. The molecule has 0 aliphatic carbocycles. The molecule has 10 heteroatoms. The molecule has 152 valence electrons. The fraction of sp³-hybridized carbons (Fsp3) is 0.278. The monoisotopic (exact) mass is 435 g/mol. The molecule has 2 aromatic carbocycles. The fourth-order valence-electron chi connectivity index (χ4n) is 2.14. The maximum atomic E-state index is 12.2. The molecule has 0 saturated heterocycles. The van der Waals surface area contributed by atoms with Gasteiger partial charge in [-0.2, -0.15) is 13.2 Å². The minimum absolute atomic E-state index is 0.0569. The van der Waals surface area contributed by atoms with Crippen molar-refractivity contribution in [1.82, 2.24) is 5.32 Å². The molecule has 2 rings (SSSR count). The number of alkyl halides is 3. The molecule has 1 N–H and O–H groups in total. The standard InChI is InChI=1S/C18H17ClF3NO4S/c19-14-3-7-16(8-4-14)28(25,26)10-9-17(24)23-11-13-1-5-15(6-2-13)27-12-18(20,21)22/h1-8H,9-12H2,(H,23,24). The maximum absolute atomic E-state index is 12.2. The van der Waals surface area contributed by atoms with Crippen molar-refractivity contribution in [3.05, 3.63) is 59.1 Å². The summed E-state index contributed by atoms with van der Waals surface area (Å²) >= 11 is 5.72. The van der Waals surface area contributed by atoms with Crippen LogP contribution in [0, 0.1) is 0 Å². The molecular weight excluding hydrogens is 419 g/mol. The van der Waals surface area contributed by atoms with Gasteiger partial charge in [-0.3, -0.25) is 4.79 Å². The van der Waals surface area contributed by atoms with E-state index < -0.39 is 28.5 Å². The van der Waals surface area contributed by atoms with Crippen LogP contribution in [0.1, 0.15) is 12.0 Å². The lowest BCUT2D eigenvalue weighted by molar-refractivity contribution is -0.153. The highest BCUT2D eigenvalue weighted by Crippen LogP contribution is 2.19. The Morgan fingerprint density at radius 2 is 1.64 bits per heavy atom. The number of nitrogens with one attached hydrogen (secondary N) is 1. The van der Waals surface area contributed by atoms with Crippen LogP contribution in [-0.4, -0.2) is 32.9 Å². The molecule has 0 bridgehead atoms. The number of rotatable bonds is 8. The largest absolute Gasteiger partial charge is 0.484 e. The summed E-state index contributed by atoms with van der Waals surface area (Å²) in [4.78, 5) is 12.0. The summed E-state index contributed by atoms with van der Waals surface area (Å²) in [7, 11) is -3.61. The third-order valence-corrected chi connectivity index (χ3v) is 5.57. The summed E-state index contributed by atoms with van der Waals surface area (Å²) in [5.74, 6) is -0.763. The van der Waals surface area contributed by atoms with Crippen LogP contribution in [0.15, 0.2) is 53.4 Å². The summed E-state index contributed by atoms with van der Waals surface area (Å²) in [6, 6.07) is 11.4. The zero-order valence-corrected chi connectivity index (χ0v) is 16.1. The Morgan fingerprint density at radius 3 is 2.21 bits per heavy atom. The van der Waals surface area contributed by atoms with Gasteiger partial charge in [0.05, 0.1) is 10.6 Å². The van der Waals surface area contributed by atoms with Crippen LogP contribution in [0.5, 0.6) is 5.75 Å². The third-order valence-electron chi connectivity index (χ3n) is 3.59. The molecule has 28 heavy (non-hydrogen) atoms. The van der Waals surface area contributed by atoms with E-state index >= 15 is 0 Å². The minimum atomic E-state index is -4.42. The van der Waals surface area contributed by atoms with E-state index in [0.29, 0.717) is 10.6 Å². The smallest absolute Gasteiger partial charge is 0.422 e. The van der Waals surface area contributed by atoms with Gasteiger partial charge in [-0.25, -0.2) is 8.42 Å². The SMILES string of the molecule is O=C(CCS(=O)(=O)c1ccc(Cl)cc1)NCc1ccc(OCC(F)(F)F)cc1. The zero-order valence-electron chi connectivity index (χ0n) is 14.5. The number of sulfone groups is 1. The molecule has 0 atom stereocenters. The van der Waals surface area contributed by atoms with Crippen LogP contribution in [0.4, 0.5) is 13.2 Å². The lowest BCUT2D eigenvalue weighted by Crippen LogP contribution is -2.25. The van der Waals surface area contributed by atoms with Gasteiger partial charge in [0, 0.05) is 18.0 Å². The molecule has 1 amide bonds. The van der Waals surface area contributed by atoms with Gasteiger partial charge in [0.1, 0.15) is 5.75 Å². The minimum Gasteiger partial charge on any atom is -0.484 e. The van der Waals surface area contributed by atoms with Crippen molar-refractivity contribution >= 4 is 27.3 Å². The Bertz CT molecular complexity index is 898. The molecule has 0 saturated carbocycles. The Morgan fingerprint density at radius 1 is 1.04 bits per heavy atom. The summed E-state index contributed by atoms with van der Waals surface area (Å²) in [5, 5.41) is 2.97. The second-order valence-corrected chi connectivity index (χ2v) is 8.39. The Balaban J connectivity index is 1.80. The van der Waals surface area contributed by atoms with Gasteiger partial charge in [-0.05, 0) is 42.0 Å². The van der Waals surface area contributed by atoms with Crippen LogP contribution in [0.3, 0.4) is 0 Å². The summed E-state index contributed by atoms with van der Waals surface area (Å²) < 4.78 is 65.2. The topological polar surface area (TPSA) is 72.5 Å². The molecule has 0 aliphatic rings. The second kappa shape index (κ2) is 9.29. The van der Waals surface area contributed by atoms with Crippen LogP contribution in [0.25, 0.3) is 0 Å². The predicted octanol–water partition coefficient (Wildman–Crippen LogP) is 3.76. The number of ether oxygens (including phenoxy) is 1. The van der Waals surface area contributed by atoms with Crippen LogP contribution in [-0.2, 0) is 21.2 Å². The Hall–Kier alpha value is -2.26. The Labute approximate surface area is 165 Å². The summed E-state index contributed by atoms with van der Waals surface area (Å²) in [6.45, 7) is -1.27. The third kappa shape index (κ3) is 7.40. The quantitative estimate of drug-likeness (QED) is 0.685. The van der Waals surface area contributed by atoms with Gasteiger partial charge >= 0.3 is 6.18 Å². The first-order valence-electron chi connectivity index (χ1n) is 8.09. The van der Waals surface area contributed by atoms with Gasteiger partial charge in [-0.15, -0.1) is 0 Å². The highest BCUT2D eigenvalue weighted by atomic mass is 35.5. The molecule has 0 unspecified atom stereocenters. The zero-order chi connectivity index (χ0) is 20.8. The lowest BCUT2D eigenvalue weighted by Gasteiger charge is -2.10. The number of hydrogen-bond acceptors (Lipinski definition) is 4. The van der Waals surface area contributed by atoms with E-state index in [1.54, 1.807) is 0 Å². The van der Waals surface area contributed by atoms with E-state index in [1.807, 2.05) is 0 Å². The second-order valence-electron chi connectivity index (χ2n) is 5.85. The number of halogens is 4. The van der Waals surface area contributed by atoms with E-state index in [2.05, 4.69) is 10.1 Å². The van der Waals surface area contributed by atoms with E-state index in [-0.39, 0.29) is 29.4 Å². The van der Waals surface area contributed by atoms with Gasteiger partial charge in [0.2, 0.25) is 5.91 Å². The van der Waals surface area contributed by atoms with Crippen molar-refractivity contribution in [3.63, 3.8) is 0 Å². The molecule has 0 heterocycles. The number of carbonyl (C=O) groups is 1. The van der Waals surface area contributed by atoms with E-state index in [1.165, 1.54) is 48.5 Å². The lowest BCUT2D eigenvalue weighted by atomic mass is 10.2. The van der Waals surface area contributed by atoms with Crippen LogP contribution >= 0.6 is 11.6 Å². The number of hydrogen-bond donors (Lipinski definition) is 1. The van der Waals surface area contributed by atoms with Gasteiger partial charge in [-0.1, -0.05) is 23.7 Å². The van der Waals surface area contributed by atoms with Crippen LogP contribution < -0.4 is 10.1 Å². The number of benzene rings is 2. The van der Waals surface area contributed by atoms with Crippen molar-refractivity contribution in [1.29, 1.82) is 0 Å². The van der Waals surface area contributed by atoms with Crippen molar-refractivity contribution in [2.45, 2.75) is 24.0 Å². The first kappa shape index (κ1) is 22.0. The summed E-state index contributed by atoms with van der Waals surface area (Å²) in [5.41, 5.74) is 0.633. The molecule has 0 fully saturated rings. The average Bonchev–Trinajstić information content (AvgIpc) is 2.64. The molecule has 0 aromatic heterocycles. The predicted molar refractivity (Wildman–Crippen MR) is 98.0 cm³/mol. The van der Waals surface area contributed by atoms with Crippen molar-refractivity contribution < 1.29 is 31.1 Å². The summed E-state index contributed by atoms with van der Waals surface area (Å²) in [6.07, 6.45) is -4.64. The fourth-order valence-corrected chi connectivity index (χ4v) is 3.51. The molecule has 5 nitrogen and oxygen atoms in total. The average molecular weight is 436 g/mol. The van der Waals surface area contributed by atoms with E-state index in [4.69, 9.17) is 11.6 Å². The normalized spacial score (nSPS) is 11.9. The maximum Gasteiger partial charge on any atom is 0.422 e. The van der Waals surface area contributed by atoms with Crippen molar-refractivity contribution in [3.8, 4) is 5.75 Å². The van der Waals surface area contributed by atoms with Gasteiger partial charge < -0.3 is 10.1 Å². The first-order valence-corrected chi connectivity index (χ1v) is 10.1. The molecule has 0 aliphatic heterocycles. The number of amides is 1.